The smallest absolute Gasteiger partial charge is 0.264 e. The molecule has 1 unspecified atom stereocenters. The third kappa shape index (κ3) is 3.22. The van der Waals surface area contributed by atoms with Crippen molar-refractivity contribution in [2.45, 2.75) is 12.6 Å². The van der Waals surface area contributed by atoms with Gasteiger partial charge in [0.15, 0.2) is 11.5 Å². The second-order valence-corrected chi connectivity index (χ2v) is 5.73. The van der Waals surface area contributed by atoms with Gasteiger partial charge in [-0.2, -0.15) is 0 Å². The van der Waals surface area contributed by atoms with E-state index >= 15 is 0 Å². The molecule has 0 saturated heterocycles. The van der Waals surface area contributed by atoms with Crippen LogP contribution < -0.4 is 14.8 Å². The zero-order chi connectivity index (χ0) is 15.5. The maximum absolute atomic E-state index is 13.6. The Kier molecular flexibility index (Phi) is 4.29. The van der Waals surface area contributed by atoms with Gasteiger partial charge in [0.1, 0.15) is 12.4 Å². The van der Waals surface area contributed by atoms with Gasteiger partial charge in [-0.05, 0) is 30.3 Å². The largest absolute Gasteiger partial charge is 0.485 e. The molecule has 0 saturated carbocycles. The molecule has 2 aromatic rings. The van der Waals surface area contributed by atoms with Gasteiger partial charge in [-0.15, -0.1) is 0 Å². The molecule has 0 radical (unpaired) electrons. The summed E-state index contributed by atoms with van der Waals surface area (Å²) in [5.74, 6) is 0.440. The lowest BCUT2D eigenvalue weighted by molar-refractivity contribution is -0.130. The highest BCUT2D eigenvalue weighted by atomic mass is 79.9. The SMILES string of the molecule is O=C(NCc1cc(Br)ccc1F)C1COc2ccccc2O1. The van der Waals surface area contributed by atoms with Crippen LogP contribution in [-0.2, 0) is 11.3 Å². The van der Waals surface area contributed by atoms with Crippen LogP contribution in [0, 0.1) is 5.82 Å². The number of fused-ring (bicyclic) bond motifs is 1. The monoisotopic (exact) mass is 365 g/mol. The minimum absolute atomic E-state index is 0.0889. The van der Waals surface area contributed by atoms with E-state index < -0.39 is 6.10 Å². The van der Waals surface area contributed by atoms with Gasteiger partial charge in [0.2, 0.25) is 6.10 Å². The summed E-state index contributed by atoms with van der Waals surface area (Å²) in [6.45, 7) is 0.218. The minimum atomic E-state index is -0.745. The first-order chi connectivity index (χ1) is 10.6. The van der Waals surface area contributed by atoms with Crippen molar-refractivity contribution in [3.05, 3.63) is 58.3 Å². The maximum Gasteiger partial charge on any atom is 0.264 e. The fraction of sp³-hybridized carbons (Fsp3) is 0.188. The summed E-state index contributed by atoms with van der Waals surface area (Å²) < 4.78 is 25.5. The molecule has 2 aromatic carbocycles. The standard InChI is InChI=1S/C16H13BrFNO3/c17-11-5-6-12(18)10(7-11)8-19-16(20)15-9-21-13-3-1-2-4-14(13)22-15/h1-7,15H,8-9H2,(H,19,20). The third-order valence-electron chi connectivity index (χ3n) is 3.26. The molecule has 1 N–H and O–H groups in total. The van der Waals surface area contributed by atoms with Gasteiger partial charge in [0.05, 0.1) is 0 Å². The van der Waals surface area contributed by atoms with Gasteiger partial charge in [0.25, 0.3) is 5.91 Å². The van der Waals surface area contributed by atoms with E-state index in [0.29, 0.717) is 17.1 Å². The van der Waals surface area contributed by atoms with Crippen LogP contribution in [0.4, 0.5) is 4.39 Å². The number of nitrogens with one attached hydrogen (secondary N) is 1. The van der Waals surface area contributed by atoms with Crippen molar-refractivity contribution in [3.8, 4) is 11.5 Å². The zero-order valence-corrected chi connectivity index (χ0v) is 13.1. The quantitative estimate of drug-likeness (QED) is 0.909. The number of hydrogen-bond acceptors (Lipinski definition) is 3. The van der Waals surface area contributed by atoms with Gasteiger partial charge in [0, 0.05) is 16.6 Å². The minimum Gasteiger partial charge on any atom is -0.485 e. The molecule has 0 spiro atoms. The fourth-order valence-corrected chi connectivity index (χ4v) is 2.53. The van der Waals surface area contributed by atoms with Crippen molar-refractivity contribution in [3.63, 3.8) is 0 Å². The fourth-order valence-electron chi connectivity index (χ4n) is 2.12. The van der Waals surface area contributed by atoms with E-state index in [4.69, 9.17) is 9.47 Å². The maximum atomic E-state index is 13.6. The molecule has 114 valence electrons. The molecule has 0 fully saturated rings. The van der Waals surface area contributed by atoms with Crippen LogP contribution in [0.1, 0.15) is 5.56 Å². The lowest BCUT2D eigenvalue weighted by Gasteiger charge is -2.25. The number of para-hydroxylation sites is 2. The Hall–Kier alpha value is -2.08. The summed E-state index contributed by atoms with van der Waals surface area (Å²) in [5, 5.41) is 2.66. The van der Waals surface area contributed by atoms with Crippen LogP contribution >= 0.6 is 15.9 Å². The van der Waals surface area contributed by atoms with Gasteiger partial charge >= 0.3 is 0 Å². The Morgan fingerprint density at radius 1 is 1.27 bits per heavy atom. The van der Waals surface area contributed by atoms with Gasteiger partial charge < -0.3 is 14.8 Å². The van der Waals surface area contributed by atoms with E-state index in [9.17, 15) is 9.18 Å². The molecule has 0 bridgehead atoms. The average Bonchev–Trinajstić information content (AvgIpc) is 2.55. The second kappa shape index (κ2) is 6.36. The summed E-state index contributed by atoms with van der Waals surface area (Å²) in [4.78, 5) is 12.1. The normalized spacial score (nSPS) is 16.2. The van der Waals surface area contributed by atoms with Crippen molar-refractivity contribution in [1.82, 2.24) is 5.32 Å². The summed E-state index contributed by atoms with van der Waals surface area (Å²) >= 11 is 3.27. The summed E-state index contributed by atoms with van der Waals surface area (Å²) in [5.41, 5.74) is 0.403. The van der Waals surface area contributed by atoms with E-state index in [-0.39, 0.29) is 24.9 Å². The second-order valence-electron chi connectivity index (χ2n) is 4.82. The molecule has 1 atom stereocenters. The highest BCUT2D eigenvalue weighted by Crippen LogP contribution is 2.30. The van der Waals surface area contributed by atoms with E-state index in [1.165, 1.54) is 6.07 Å². The number of hydrogen-bond donors (Lipinski definition) is 1. The third-order valence-corrected chi connectivity index (χ3v) is 3.76. The highest BCUT2D eigenvalue weighted by Gasteiger charge is 2.27. The van der Waals surface area contributed by atoms with Crippen molar-refractivity contribution in [2.75, 3.05) is 6.61 Å². The van der Waals surface area contributed by atoms with Crippen molar-refractivity contribution < 1.29 is 18.7 Å². The summed E-state index contributed by atoms with van der Waals surface area (Å²) in [6.07, 6.45) is -0.745. The number of amides is 1. The Morgan fingerprint density at radius 2 is 2.05 bits per heavy atom. The number of halogens is 2. The van der Waals surface area contributed by atoms with Gasteiger partial charge in [-0.25, -0.2) is 4.39 Å². The molecule has 1 aliphatic rings. The number of benzene rings is 2. The molecule has 1 amide bonds. The molecule has 22 heavy (non-hydrogen) atoms. The van der Waals surface area contributed by atoms with Crippen LogP contribution in [0.5, 0.6) is 11.5 Å². The number of carbonyl (C=O) groups excluding carboxylic acids is 1. The molecule has 0 aromatic heterocycles. The van der Waals surface area contributed by atoms with Crippen LogP contribution in [0.25, 0.3) is 0 Å². The predicted octanol–water partition coefficient (Wildman–Crippen LogP) is 3.04. The predicted molar refractivity (Wildman–Crippen MR) is 82.3 cm³/mol. The molecule has 3 rings (SSSR count). The van der Waals surface area contributed by atoms with E-state index in [2.05, 4.69) is 21.2 Å². The summed E-state index contributed by atoms with van der Waals surface area (Å²) in [7, 11) is 0. The molecule has 0 aliphatic carbocycles. The molecule has 4 nitrogen and oxygen atoms in total. The lowest BCUT2D eigenvalue weighted by atomic mass is 10.2. The summed E-state index contributed by atoms with van der Waals surface area (Å²) in [6, 6.07) is 11.7. The van der Waals surface area contributed by atoms with Gasteiger partial charge in [-0.3, -0.25) is 4.79 Å². The molecule has 6 heteroatoms. The first-order valence-corrected chi connectivity index (χ1v) is 7.53. The first kappa shape index (κ1) is 14.8. The van der Waals surface area contributed by atoms with Crippen LogP contribution in [-0.4, -0.2) is 18.6 Å². The van der Waals surface area contributed by atoms with Crippen molar-refractivity contribution in [1.29, 1.82) is 0 Å². The van der Waals surface area contributed by atoms with Crippen molar-refractivity contribution >= 4 is 21.8 Å². The van der Waals surface area contributed by atoms with Crippen LogP contribution in [0.2, 0.25) is 0 Å². The first-order valence-electron chi connectivity index (χ1n) is 6.73. The molecular formula is C16H13BrFNO3. The van der Waals surface area contributed by atoms with Crippen LogP contribution in [0.3, 0.4) is 0 Å². The number of carbonyl (C=O) groups is 1. The van der Waals surface area contributed by atoms with E-state index in [0.717, 1.165) is 4.47 Å². The number of rotatable bonds is 3. The topological polar surface area (TPSA) is 47.6 Å². The Bertz CT molecular complexity index is 708. The Labute approximate surface area is 135 Å². The molecule has 1 aliphatic heterocycles. The van der Waals surface area contributed by atoms with Crippen molar-refractivity contribution in [2.24, 2.45) is 0 Å². The van der Waals surface area contributed by atoms with Gasteiger partial charge in [-0.1, -0.05) is 28.1 Å². The van der Waals surface area contributed by atoms with E-state index in [1.807, 2.05) is 6.07 Å². The van der Waals surface area contributed by atoms with E-state index in [1.54, 1.807) is 30.3 Å². The Balaban J connectivity index is 1.62. The Morgan fingerprint density at radius 3 is 2.86 bits per heavy atom. The average molecular weight is 366 g/mol. The highest BCUT2D eigenvalue weighted by molar-refractivity contribution is 9.10. The zero-order valence-electron chi connectivity index (χ0n) is 11.5. The number of ether oxygens (including phenoxy) is 2. The van der Waals surface area contributed by atoms with Crippen LogP contribution in [0.15, 0.2) is 46.9 Å². The lowest BCUT2D eigenvalue weighted by Crippen LogP contribution is -2.43. The molecule has 1 heterocycles. The molecular weight excluding hydrogens is 353 g/mol.